The molecule has 0 saturated carbocycles. The van der Waals surface area contributed by atoms with Gasteiger partial charge in [0.2, 0.25) is 5.91 Å². The van der Waals surface area contributed by atoms with Gasteiger partial charge in [0.05, 0.1) is 4.88 Å². The molecule has 0 radical (unpaired) electrons. The molecule has 2 rings (SSSR count). The van der Waals surface area contributed by atoms with Crippen LogP contribution in [0.3, 0.4) is 0 Å². The highest BCUT2D eigenvalue weighted by atomic mass is 32.1. The molecule has 0 spiro atoms. The normalized spacial score (nSPS) is 17.0. The zero-order chi connectivity index (χ0) is 15.9. The molecule has 1 atom stereocenters. The quantitative estimate of drug-likeness (QED) is 0.840. The summed E-state index contributed by atoms with van der Waals surface area (Å²) in [7, 11) is 0. The van der Waals surface area contributed by atoms with Gasteiger partial charge in [0, 0.05) is 12.6 Å². The fourth-order valence-electron chi connectivity index (χ4n) is 2.82. The van der Waals surface area contributed by atoms with Crippen LogP contribution in [0.2, 0.25) is 0 Å². The number of thiophene rings is 1. The van der Waals surface area contributed by atoms with E-state index in [2.05, 4.69) is 17.6 Å². The van der Waals surface area contributed by atoms with Crippen molar-refractivity contribution >= 4 is 23.2 Å². The molecule has 122 valence electrons. The first-order chi connectivity index (χ1) is 10.6. The summed E-state index contributed by atoms with van der Waals surface area (Å²) in [5, 5.41) is 8.01. The Bertz CT molecular complexity index is 484. The Morgan fingerprint density at radius 3 is 2.77 bits per heavy atom. The van der Waals surface area contributed by atoms with Crippen LogP contribution in [0.25, 0.3) is 0 Å². The lowest BCUT2D eigenvalue weighted by atomic mass is 10.0. The molecule has 0 aromatic carbocycles. The molecule has 0 bridgehead atoms. The van der Waals surface area contributed by atoms with Crippen molar-refractivity contribution in [2.45, 2.75) is 45.2 Å². The maximum Gasteiger partial charge on any atom is 0.261 e. The molecular formula is C16H25N3O2S. The molecule has 1 unspecified atom stereocenters. The van der Waals surface area contributed by atoms with Crippen molar-refractivity contribution in [2.75, 3.05) is 19.6 Å². The molecule has 0 aliphatic carbocycles. The smallest absolute Gasteiger partial charge is 0.261 e. The molecular weight excluding hydrogens is 298 g/mol. The molecule has 22 heavy (non-hydrogen) atoms. The highest BCUT2D eigenvalue weighted by Crippen LogP contribution is 2.15. The lowest BCUT2D eigenvalue weighted by Crippen LogP contribution is -2.53. The van der Waals surface area contributed by atoms with Gasteiger partial charge in [0.25, 0.3) is 5.91 Å². The average molecular weight is 323 g/mol. The van der Waals surface area contributed by atoms with Crippen molar-refractivity contribution in [2.24, 2.45) is 0 Å². The molecule has 5 nitrogen and oxygen atoms in total. The Morgan fingerprint density at radius 1 is 1.45 bits per heavy atom. The SMILES string of the molecule is CCCN(C(=O)C(C)NC(=O)c1cccs1)C1CCNCC1. The number of rotatable bonds is 6. The zero-order valence-corrected chi connectivity index (χ0v) is 14.1. The minimum Gasteiger partial charge on any atom is -0.340 e. The molecule has 1 aromatic rings. The summed E-state index contributed by atoms with van der Waals surface area (Å²) in [5.41, 5.74) is 0. The van der Waals surface area contributed by atoms with E-state index < -0.39 is 6.04 Å². The second-order valence-electron chi connectivity index (χ2n) is 5.69. The van der Waals surface area contributed by atoms with Gasteiger partial charge in [-0.1, -0.05) is 13.0 Å². The van der Waals surface area contributed by atoms with E-state index in [-0.39, 0.29) is 17.9 Å². The van der Waals surface area contributed by atoms with Gasteiger partial charge in [0.15, 0.2) is 0 Å². The van der Waals surface area contributed by atoms with Crippen molar-refractivity contribution < 1.29 is 9.59 Å². The third-order valence-electron chi connectivity index (χ3n) is 3.96. The number of hydrogen-bond donors (Lipinski definition) is 2. The summed E-state index contributed by atoms with van der Waals surface area (Å²) in [5.74, 6) is -0.142. The number of nitrogens with one attached hydrogen (secondary N) is 2. The maximum atomic E-state index is 12.7. The standard InChI is InChI=1S/C16H25N3O2S/c1-3-10-19(13-6-8-17-9-7-13)16(21)12(2)18-15(20)14-5-4-11-22-14/h4-5,11-13,17H,3,6-10H2,1-2H3,(H,18,20). The van der Waals surface area contributed by atoms with E-state index in [0.29, 0.717) is 4.88 Å². The summed E-state index contributed by atoms with van der Waals surface area (Å²) in [4.78, 5) is 27.4. The van der Waals surface area contributed by atoms with Crippen molar-refractivity contribution in [1.82, 2.24) is 15.5 Å². The largest absolute Gasteiger partial charge is 0.340 e. The van der Waals surface area contributed by atoms with E-state index in [9.17, 15) is 9.59 Å². The number of hydrogen-bond acceptors (Lipinski definition) is 4. The topological polar surface area (TPSA) is 61.4 Å². The van der Waals surface area contributed by atoms with Crippen LogP contribution in [0.15, 0.2) is 17.5 Å². The first kappa shape index (κ1) is 17.0. The predicted molar refractivity (Wildman–Crippen MR) is 89.1 cm³/mol. The van der Waals surface area contributed by atoms with Gasteiger partial charge in [-0.15, -0.1) is 11.3 Å². The third kappa shape index (κ3) is 4.30. The van der Waals surface area contributed by atoms with Gasteiger partial charge in [-0.25, -0.2) is 0 Å². The molecule has 2 amide bonds. The fraction of sp³-hybridized carbons (Fsp3) is 0.625. The zero-order valence-electron chi connectivity index (χ0n) is 13.3. The monoisotopic (exact) mass is 323 g/mol. The number of piperidine rings is 1. The number of nitrogens with zero attached hydrogens (tertiary/aromatic N) is 1. The number of amides is 2. The first-order valence-electron chi connectivity index (χ1n) is 7.99. The van der Waals surface area contributed by atoms with Crippen molar-refractivity contribution in [1.29, 1.82) is 0 Å². The summed E-state index contributed by atoms with van der Waals surface area (Å²) in [6, 6.07) is 3.41. The van der Waals surface area contributed by atoms with E-state index >= 15 is 0 Å². The van der Waals surface area contributed by atoms with Crippen molar-refractivity contribution in [3.05, 3.63) is 22.4 Å². The molecule has 1 aromatic heterocycles. The van der Waals surface area contributed by atoms with Crippen molar-refractivity contribution in [3.63, 3.8) is 0 Å². The highest BCUT2D eigenvalue weighted by Gasteiger charge is 2.28. The van der Waals surface area contributed by atoms with Gasteiger partial charge in [-0.05, 0) is 50.7 Å². The molecule has 2 heterocycles. The van der Waals surface area contributed by atoms with Crippen LogP contribution in [0.5, 0.6) is 0 Å². The Labute approximate surface area is 136 Å². The number of carbonyl (C=O) groups excluding carboxylic acids is 2. The van der Waals surface area contributed by atoms with Crippen LogP contribution in [0.1, 0.15) is 42.8 Å². The van der Waals surface area contributed by atoms with Gasteiger partial charge in [-0.2, -0.15) is 0 Å². The van der Waals surface area contributed by atoms with Gasteiger partial charge < -0.3 is 15.5 Å². The summed E-state index contributed by atoms with van der Waals surface area (Å²) < 4.78 is 0. The number of carbonyl (C=O) groups is 2. The second kappa shape index (κ2) is 8.29. The molecule has 6 heteroatoms. The van der Waals surface area contributed by atoms with E-state index in [1.165, 1.54) is 11.3 Å². The van der Waals surface area contributed by atoms with Crippen LogP contribution in [0.4, 0.5) is 0 Å². The minimum atomic E-state index is -0.490. The van der Waals surface area contributed by atoms with Crippen LogP contribution in [0, 0.1) is 0 Å². The van der Waals surface area contributed by atoms with Gasteiger partial charge in [-0.3, -0.25) is 9.59 Å². The Hall–Kier alpha value is -1.40. The Morgan fingerprint density at radius 2 is 2.18 bits per heavy atom. The van der Waals surface area contributed by atoms with Crippen molar-refractivity contribution in [3.8, 4) is 0 Å². The van der Waals surface area contributed by atoms with Gasteiger partial charge in [0.1, 0.15) is 6.04 Å². The van der Waals surface area contributed by atoms with Crippen LogP contribution in [-0.4, -0.2) is 48.4 Å². The lowest BCUT2D eigenvalue weighted by molar-refractivity contribution is -0.135. The average Bonchev–Trinajstić information content (AvgIpc) is 3.07. The third-order valence-corrected chi connectivity index (χ3v) is 4.83. The van der Waals surface area contributed by atoms with Gasteiger partial charge >= 0.3 is 0 Å². The predicted octanol–water partition coefficient (Wildman–Crippen LogP) is 1.86. The minimum absolute atomic E-state index is 0.0265. The molecule has 1 fully saturated rings. The van der Waals surface area contributed by atoms with E-state index in [0.717, 1.165) is 38.9 Å². The van der Waals surface area contributed by atoms with Crippen LogP contribution >= 0.6 is 11.3 Å². The Kier molecular flexibility index (Phi) is 6.39. The molecule has 2 N–H and O–H groups in total. The first-order valence-corrected chi connectivity index (χ1v) is 8.87. The maximum absolute atomic E-state index is 12.7. The van der Waals surface area contributed by atoms with Crippen LogP contribution in [-0.2, 0) is 4.79 Å². The lowest BCUT2D eigenvalue weighted by Gasteiger charge is -2.36. The summed E-state index contributed by atoms with van der Waals surface area (Å²) in [6.07, 6.45) is 2.90. The fourth-order valence-corrected chi connectivity index (χ4v) is 3.44. The van der Waals surface area contributed by atoms with E-state index in [1.807, 2.05) is 16.3 Å². The molecule has 1 aliphatic rings. The Balaban J connectivity index is 1.97. The molecule has 1 aliphatic heterocycles. The van der Waals surface area contributed by atoms with E-state index in [4.69, 9.17) is 0 Å². The summed E-state index contributed by atoms with van der Waals surface area (Å²) >= 11 is 1.39. The van der Waals surface area contributed by atoms with E-state index in [1.54, 1.807) is 13.0 Å². The highest BCUT2D eigenvalue weighted by molar-refractivity contribution is 7.12. The summed E-state index contributed by atoms with van der Waals surface area (Å²) in [6.45, 7) is 6.51. The molecule has 1 saturated heterocycles. The van der Waals surface area contributed by atoms with Crippen LogP contribution < -0.4 is 10.6 Å². The second-order valence-corrected chi connectivity index (χ2v) is 6.63.